The molecule has 0 unspecified atom stereocenters. The van der Waals surface area contributed by atoms with E-state index in [-0.39, 0.29) is 11.6 Å². The van der Waals surface area contributed by atoms with Gasteiger partial charge in [0.25, 0.3) is 0 Å². The average Bonchev–Trinajstić information content (AvgIpc) is 2.82. The summed E-state index contributed by atoms with van der Waals surface area (Å²) in [6, 6.07) is 16.7. The van der Waals surface area contributed by atoms with E-state index in [4.69, 9.17) is 0 Å². The first-order valence-corrected chi connectivity index (χ1v) is 10.7. The van der Waals surface area contributed by atoms with Crippen LogP contribution in [0.2, 0.25) is 0 Å². The van der Waals surface area contributed by atoms with E-state index in [9.17, 15) is 9.90 Å². The van der Waals surface area contributed by atoms with Gasteiger partial charge in [0, 0.05) is 57.0 Å². The zero-order valence-corrected chi connectivity index (χ0v) is 18.7. The number of rotatable bonds is 7. The quantitative estimate of drug-likeness (QED) is 0.523. The number of carboxylic acid groups (broad SMARTS) is 1. The number of carboxylic acids is 1. The third-order valence-corrected chi connectivity index (χ3v) is 5.98. The maximum absolute atomic E-state index is 11.5. The number of anilines is 4. The average molecular weight is 432 g/mol. The molecule has 7 nitrogen and oxygen atoms in total. The molecule has 2 heterocycles. The molecule has 32 heavy (non-hydrogen) atoms. The summed E-state index contributed by atoms with van der Waals surface area (Å²) in [6.07, 6.45) is 4.02. The molecule has 0 bridgehead atoms. The van der Waals surface area contributed by atoms with E-state index in [0.29, 0.717) is 12.2 Å². The van der Waals surface area contributed by atoms with Crippen molar-refractivity contribution in [3.8, 4) is 0 Å². The van der Waals surface area contributed by atoms with Crippen LogP contribution in [-0.4, -0.2) is 50.3 Å². The van der Waals surface area contributed by atoms with Crippen molar-refractivity contribution < 1.29 is 9.90 Å². The molecule has 7 heteroatoms. The molecular weight excluding hydrogens is 402 g/mol. The van der Waals surface area contributed by atoms with Crippen molar-refractivity contribution in [1.82, 2.24) is 10.3 Å². The van der Waals surface area contributed by atoms with Gasteiger partial charge in [-0.15, -0.1) is 0 Å². The van der Waals surface area contributed by atoms with Crippen molar-refractivity contribution in [2.24, 2.45) is 0 Å². The Kier molecular flexibility index (Phi) is 6.28. The summed E-state index contributed by atoms with van der Waals surface area (Å²) in [7, 11) is 6.17. The Labute approximate surface area is 188 Å². The van der Waals surface area contributed by atoms with E-state index < -0.39 is 5.97 Å². The van der Waals surface area contributed by atoms with E-state index in [1.165, 1.54) is 29.1 Å². The molecule has 166 valence electrons. The van der Waals surface area contributed by atoms with Gasteiger partial charge in [0.15, 0.2) is 0 Å². The molecule has 4 rings (SSSR count). The normalized spacial score (nSPS) is 15.0. The first-order chi connectivity index (χ1) is 15.4. The van der Waals surface area contributed by atoms with Crippen LogP contribution in [0, 0.1) is 0 Å². The highest BCUT2D eigenvalue weighted by Crippen LogP contribution is 2.31. The molecule has 3 aromatic rings. The summed E-state index contributed by atoms with van der Waals surface area (Å²) in [4.78, 5) is 19.8. The Morgan fingerprint density at radius 2 is 1.81 bits per heavy atom. The molecule has 1 aliphatic heterocycles. The number of pyridine rings is 1. The van der Waals surface area contributed by atoms with Crippen LogP contribution in [0.3, 0.4) is 0 Å². The zero-order chi connectivity index (χ0) is 22.7. The third-order valence-electron chi connectivity index (χ3n) is 5.98. The fraction of sp³-hybridized carbons (Fsp3) is 0.280. The Morgan fingerprint density at radius 1 is 1.09 bits per heavy atom. The first kappa shape index (κ1) is 21.6. The highest BCUT2D eigenvalue weighted by molar-refractivity contribution is 5.93. The second-order valence-electron chi connectivity index (χ2n) is 8.22. The SMILES string of the molecule is CN(C)c1ccc(N(C)c2ccc3c(c2)CCN[C@H]3CNc2cnccc2C(=O)O)cc1. The summed E-state index contributed by atoms with van der Waals surface area (Å²) < 4.78 is 0. The van der Waals surface area contributed by atoms with Crippen LogP contribution in [0.4, 0.5) is 22.7 Å². The predicted molar refractivity (Wildman–Crippen MR) is 129 cm³/mol. The molecule has 0 saturated heterocycles. The lowest BCUT2D eigenvalue weighted by atomic mass is 9.93. The number of hydrogen-bond acceptors (Lipinski definition) is 6. The molecule has 0 aliphatic carbocycles. The van der Waals surface area contributed by atoms with Crippen LogP contribution < -0.4 is 20.4 Å². The smallest absolute Gasteiger partial charge is 0.337 e. The minimum atomic E-state index is -0.960. The van der Waals surface area contributed by atoms with Gasteiger partial charge in [0.2, 0.25) is 0 Å². The summed E-state index contributed by atoms with van der Waals surface area (Å²) in [5.74, 6) is -0.960. The van der Waals surface area contributed by atoms with Crippen molar-refractivity contribution in [3.05, 3.63) is 77.6 Å². The highest BCUT2D eigenvalue weighted by atomic mass is 16.4. The molecule has 0 radical (unpaired) electrons. The molecule has 0 saturated carbocycles. The highest BCUT2D eigenvalue weighted by Gasteiger charge is 2.21. The molecule has 1 aromatic heterocycles. The van der Waals surface area contributed by atoms with Crippen LogP contribution in [0.1, 0.15) is 27.5 Å². The van der Waals surface area contributed by atoms with Crippen molar-refractivity contribution >= 4 is 28.7 Å². The summed E-state index contributed by atoms with van der Waals surface area (Å²) in [5.41, 5.74) is 6.78. The molecule has 0 fully saturated rings. The monoisotopic (exact) mass is 431 g/mol. The fourth-order valence-electron chi connectivity index (χ4n) is 4.09. The number of hydrogen-bond donors (Lipinski definition) is 3. The lowest BCUT2D eigenvalue weighted by Gasteiger charge is -2.29. The molecule has 1 aliphatic rings. The standard InChI is InChI=1S/C25H29N5O2/c1-29(2)18-4-6-19(7-5-18)30(3)20-8-9-21-17(14-20)10-13-27-24(21)16-28-23-15-26-12-11-22(23)25(31)32/h4-9,11-12,14-15,24,27-28H,10,13,16H2,1-3H3,(H,31,32)/t24-/m0/s1. The van der Waals surface area contributed by atoms with E-state index in [2.05, 4.69) is 74.9 Å². The predicted octanol–water partition coefficient (Wildman–Crippen LogP) is 3.91. The number of nitrogens with zero attached hydrogens (tertiary/aromatic N) is 3. The lowest BCUT2D eigenvalue weighted by Crippen LogP contribution is -2.34. The number of aromatic nitrogens is 1. The molecule has 0 amide bonds. The van der Waals surface area contributed by atoms with Crippen molar-refractivity contribution in [2.45, 2.75) is 12.5 Å². The number of benzene rings is 2. The number of fused-ring (bicyclic) bond motifs is 1. The Hall–Kier alpha value is -3.58. The maximum Gasteiger partial charge on any atom is 0.337 e. The minimum absolute atomic E-state index is 0.0966. The van der Waals surface area contributed by atoms with Crippen molar-refractivity contribution in [3.63, 3.8) is 0 Å². The lowest BCUT2D eigenvalue weighted by molar-refractivity contribution is 0.0697. The third kappa shape index (κ3) is 4.53. The maximum atomic E-state index is 11.5. The van der Waals surface area contributed by atoms with Crippen LogP contribution >= 0.6 is 0 Å². The minimum Gasteiger partial charge on any atom is -0.478 e. The molecule has 2 aromatic carbocycles. The van der Waals surface area contributed by atoms with E-state index >= 15 is 0 Å². The molecular formula is C25H29N5O2. The Bertz CT molecular complexity index is 1100. The Morgan fingerprint density at radius 3 is 2.53 bits per heavy atom. The molecule has 1 atom stereocenters. The zero-order valence-electron chi connectivity index (χ0n) is 18.7. The van der Waals surface area contributed by atoms with Crippen LogP contribution in [0.15, 0.2) is 60.9 Å². The number of aromatic carboxylic acids is 1. The van der Waals surface area contributed by atoms with Gasteiger partial charge in [-0.05, 0) is 66.6 Å². The summed E-state index contributed by atoms with van der Waals surface area (Å²) in [5, 5.41) is 16.2. The van der Waals surface area contributed by atoms with Gasteiger partial charge >= 0.3 is 5.97 Å². The van der Waals surface area contributed by atoms with Crippen LogP contribution in [0.5, 0.6) is 0 Å². The Balaban J connectivity index is 1.51. The molecule has 3 N–H and O–H groups in total. The first-order valence-electron chi connectivity index (χ1n) is 10.7. The molecule has 0 spiro atoms. The second kappa shape index (κ2) is 9.28. The largest absolute Gasteiger partial charge is 0.478 e. The van der Waals surface area contributed by atoms with Crippen LogP contribution in [-0.2, 0) is 6.42 Å². The van der Waals surface area contributed by atoms with E-state index in [0.717, 1.165) is 24.3 Å². The number of carbonyl (C=O) groups is 1. The van der Waals surface area contributed by atoms with Gasteiger partial charge in [0.1, 0.15) is 0 Å². The van der Waals surface area contributed by atoms with Crippen molar-refractivity contribution in [2.75, 3.05) is 49.3 Å². The van der Waals surface area contributed by atoms with Gasteiger partial charge < -0.3 is 25.5 Å². The summed E-state index contributed by atoms with van der Waals surface area (Å²) in [6.45, 7) is 1.46. The van der Waals surface area contributed by atoms with E-state index in [1.807, 2.05) is 14.1 Å². The van der Waals surface area contributed by atoms with Gasteiger partial charge in [0.05, 0.1) is 17.4 Å². The fourth-order valence-corrected chi connectivity index (χ4v) is 4.09. The topological polar surface area (TPSA) is 80.7 Å². The van der Waals surface area contributed by atoms with Gasteiger partial charge in [-0.3, -0.25) is 4.98 Å². The number of nitrogens with one attached hydrogen (secondary N) is 2. The van der Waals surface area contributed by atoms with Crippen LogP contribution in [0.25, 0.3) is 0 Å². The van der Waals surface area contributed by atoms with E-state index in [1.54, 1.807) is 6.20 Å². The van der Waals surface area contributed by atoms with Gasteiger partial charge in [-0.1, -0.05) is 6.07 Å². The van der Waals surface area contributed by atoms with Crippen molar-refractivity contribution in [1.29, 1.82) is 0 Å². The van der Waals surface area contributed by atoms with Gasteiger partial charge in [-0.25, -0.2) is 4.79 Å². The second-order valence-corrected chi connectivity index (χ2v) is 8.22. The van der Waals surface area contributed by atoms with Gasteiger partial charge in [-0.2, -0.15) is 0 Å². The summed E-state index contributed by atoms with van der Waals surface area (Å²) >= 11 is 0.